The minimum atomic E-state index is -0.0245. The molecule has 20 heavy (non-hydrogen) atoms. The van der Waals surface area contributed by atoms with Crippen LogP contribution in [0.4, 0.5) is 0 Å². The van der Waals surface area contributed by atoms with Gasteiger partial charge in [0.15, 0.2) is 0 Å². The van der Waals surface area contributed by atoms with Gasteiger partial charge in [0.2, 0.25) is 5.91 Å². The summed E-state index contributed by atoms with van der Waals surface area (Å²) in [5.74, 6) is 0.795. The molecule has 0 spiro atoms. The number of ether oxygens (including phenoxy) is 2. The third kappa shape index (κ3) is 3.32. The molecule has 1 aromatic rings. The Morgan fingerprint density at radius 2 is 2.25 bits per heavy atom. The molecule has 108 valence electrons. The van der Waals surface area contributed by atoms with Gasteiger partial charge in [-0.2, -0.15) is 0 Å². The molecular formula is C16H21NO3. The SMILES string of the molecule is CC[C@@H]1CN(Cc2ccc(C)cc2OC)C(=O)C=CO1. The molecule has 0 saturated carbocycles. The summed E-state index contributed by atoms with van der Waals surface area (Å²) in [4.78, 5) is 13.9. The van der Waals surface area contributed by atoms with Gasteiger partial charge in [-0.3, -0.25) is 4.79 Å². The van der Waals surface area contributed by atoms with Crippen LogP contribution in [0.1, 0.15) is 24.5 Å². The van der Waals surface area contributed by atoms with Crippen molar-refractivity contribution in [1.82, 2.24) is 4.90 Å². The first kappa shape index (κ1) is 14.4. The van der Waals surface area contributed by atoms with Crippen LogP contribution in [-0.2, 0) is 16.1 Å². The van der Waals surface area contributed by atoms with Crippen LogP contribution in [0.25, 0.3) is 0 Å². The van der Waals surface area contributed by atoms with E-state index < -0.39 is 0 Å². The first-order chi connectivity index (χ1) is 9.63. The Labute approximate surface area is 120 Å². The van der Waals surface area contributed by atoms with Crippen molar-refractivity contribution in [2.75, 3.05) is 13.7 Å². The summed E-state index contributed by atoms with van der Waals surface area (Å²) in [7, 11) is 1.65. The Bertz CT molecular complexity index is 510. The van der Waals surface area contributed by atoms with E-state index in [1.54, 1.807) is 12.0 Å². The van der Waals surface area contributed by atoms with E-state index in [2.05, 4.69) is 6.92 Å². The fourth-order valence-corrected chi connectivity index (χ4v) is 2.25. The van der Waals surface area contributed by atoms with Gasteiger partial charge < -0.3 is 14.4 Å². The molecule has 4 heteroatoms. The van der Waals surface area contributed by atoms with Crippen molar-refractivity contribution in [3.05, 3.63) is 41.7 Å². The summed E-state index contributed by atoms with van der Waals surface area (Å²) in [6.45, 7) is 5.21. The van der Waals surface area contributed by atoms with E-state index in [9.17, 15) is 4.79 Å². The number of aryl methyl sites for hydroxylation is 1. The van der Waals surface area contributed by atoms with Gasteiger partial charge in [0.1, 0.15) is 11.9 Å². The van der Waals surface area contributed by atoms with Crippen molar-refractivity contribution in [3.8, 4) is 5.75 Å². The predicted octanol–water partition coefficient (Wildman–Crippen LogP) is 2.65. The van der Waals surface area contributed by atoms with Crippen LogP contribution in [0, 0.1) is 6.92 Å². The number of methoxy groups -OCH3 is 1. The highest BCUT2D eigenvalue weighted by Gasteiger charge is 2.21. The van der Waals surface area contributed by atoms with Crippen LogP contribution < -0.4 is 4.74 Å². The van der Waals surface area contributed by atoms with E-state index in [-0.39, 0.29) is 12.0 Å². The molecule has 0 bridgehead atoms. The highest BCUT2D eigenvalue weighted by atomic mass is 16.5. The molecule has 2 rings (SSSR count). The van der Waals surface area contributed by atoms with Crippen LogP contribution in [0.15, 0.2) is 30.5 Å². The van der Waals surface area contributed by atoms with Crippen LogP contribution in [-0.4, -0.2) is 30.6 Å². The number of carbonyl (C=O) groups excluding carboxylic acids is 1. The molecular weight excluding hydrogens is 254 g/mol. The smallest absolute Gasteiger partial charge is 0.250 e. The fourth-order valence-electron chi connectivity index (χ4n) is 2.25. The van der Waals surface area contributed by atoms with Crippen molar-refractivity contribution in [1.29, 1.82) is 0 Å². The summed E-state index contributed by atoms with van der Waals surface area (Å²) >= 11 is 0. The highest BCUT2D eigenvalue weighted by molar-refractivity contribution is 5.87. The number of carbonyl (C=O) groups is 1. The zero-order valence-corrected chi connectivity index (χ0v) is 12.3. The highest BCUT2D eigenvalue weighted by Crippen LogP contribution is 2.22. The first-order valence-electron chi connectivity index (χ1n) is 6.88. The molecule has 1 aromatic carbocycles. The number of benzene rings is 1. The third-order valence-corrected chi connectivity index (χ3v) is 3.48. The molecule has 1 heterocycles. The second kappa shape index (κ2) is 6.46. The average Bonchev–Trinajstić information content (AvgIpc) is 2.63. The predicted molar refractivity (Wildman–Crippen MR) is 77.5 cm³/mol. The largest absolute Gasteiger partial charge is 0.496 e. The van der Waals surface area contributed by atoms with Crippen LogP contribution in [0.5, 0.6) is 5.75 Å². The summed E-state index contributed by atoms with van der Waals surface area (Å²) in [6, 6.07) is 6.03. The molecule has 1 amide bonds. The average molecular weight is 275 g/mol. The van der Waals surface area contributed by atoms with Gasteiger partial charge in [-0.15, -0.1) is 0 Å². The lowest BCUT2D eigenvalue weighted by atomic mass is 10.1. The van der Waals surface area contributed by atoms with Crippen molar-refractivity contribution < 1.29 is 14.3 Å². The summed E-state index contributed by atoms with van der Waals surface area (Å²) in [6.07, 6.45) is 3.91. The second-order valence-corrected chi connectivity index (χ2v) is 5.00. The number of amides is 1. The maximum atomic E-state index is 12.1. The second-order valence-electron chi connectivity index (χ2n) is 5.00. The molecule has 4 nitrogen and oxygen atoms in total. The minimum absolute atomic E-state index is 0.0245. The Kier molecular flexibility index (Phi) is 4.66. The molecule has 0 N–H and O–H groups in total. The van der Waals surface area contributed by atoms with Crippen molar-refractivity contribution in [2.24, 2.45) is 0 Å². The normalized spacial score (nSPS) is 18.6. The van der Waals surface area contributed by atoms with E-state index in [0.29, 0.717) is 13.1 Å². The molecule has 0 aromatic heterocycles. The van der Waals surface area contributed by atoms with Crippen LogP contribution >= 0.6 is 0 Å². The van der Waals surface area contributed by atoms with E-state index in [1.807, 2.05) is 25.1 Å². The van der Waals surface area contributed by atoms with Crippen molar-refractivity contribution >= 4 is 5.91 Å². The third-order valence-electron chi connectivity index (χ3n) is 3.48. The van der Waals surface area contributed by atoms with Crippen molar-refractivity contribution in [2.45, 2.75) is 32.9 Å². The van der Waals surface area contributed by atoms with Gasteiger partial charge in [0, 0.05) is 18.2 Å². The Hall–Kier alpha value is -1.97. The molecule has 0 saturated heterocycles. The Morgan fingerprint density at radius 1 is 1.45 bits per heavy atom. The summed E-state index contributed by atoms with van der Waals surface area (Å²) < 4.78 is 10.9. The van der Waals surface area contributed by atoms with Crippen LogP contribution in [0.3, 0.4) is 0 Å². The number of hydrogen-bond donors (Lipinski definition) is 0. The van der Waals surface area contributed by atoms with Gasteiger partial charge in [-0.1, -0.05) is 19.1 Å². The lowest BCUT2D eigenvalue weighted by Crippen LogP contribution is -2.34. The topological polar surface area (TPSA) is 38.8 Å². The molecule has 0 unspecified atom stereocenters. The van der Waals surface area contributed by atoms with Crippen molar-refractivity contribution in [3.63, 3.8) is 0 Å². The van der Waals surface area contributed by atoms with Gasteiger partial charge in [-0.25, -0.2) is 0 Å². The standard InChI is InChI=1S/C16H21NO3/c1-4-14-11-17(16(18)7-8-20-14)10-13-6-5-12(2)9-15(13)19-3/h5-9,14H,4,10-11H2,1-3H3/t14-/m1/s1. The lowest BCUT2D eigenvalue weighted by molar-refractivity contribution is -0.127. The number of hydrogen-bond acceptors (Lipinski definition) is 3. The molecule has 0 radical (unpaired) electrons. The number of nitrogens with zero attached hydrogens (tertiary/aromatic N) is 1. The summed E-state index contributed by atoms with van der Waals surface area (Å²) in [5.41, 5.74) is 2.15. The first-order valence-corrected chi connectivity index (χ1v) is 6.88. The number of rotatable bonds is 4. The van der Waals surface area contributed by atoms with Gasteiger partial charge >= 0.3 is 0 Å². The maximum Gasteiger partial charge on any atom is 0.250 e. The lowest BCUT2D eigenvalue weighted by Gasteiger charge is -2.24. The Balaban J connectivity index is 2.19. The quantitative estimate of drug-likeness (QED) is 0.848. The minimum Gasteiger partial charge on any atom is -0.496 e. The maximum absolute atomic E-state index is 12.1. The fraction of sp³-hybridized carbons (Fsp3) is 0.438. The van der Waals surface area contributed by atoms with Gasteiger partial charge in [0.25, 0.3) is 0 Å². The monoisotopic (exact) mass is 275 g/mol. The Morgan fingerprint density at radius 3 is 2.95 bits per heavy atom. The van der Waals surface area contributed by atoms with Gasteiger partial charge in [0.05, 0.1) is 19.9 Å². The molecule has 1 aliphatic rings. The van der Waals surface area contributed by atoms with E-state index >= 15 is 0 Å². The molecule has 1 atom stereocenters. The zero-order chi connectivity index (χ0) is 14.5. The van der Waals surface area contributed by atoms with E-state index in [4.69, 9.17) is 9.47 Å². The van der Waals surface area contributed by atoms with Gasteiger partial charge in [-0.05, 0) is 25.0 Å². The van der Waals surface area contributed by atoms with Crippen LogP contribution in [0.2, 0.25) is 0 Å². The van der Waals surface area contributed by atoms with E-state index in [0.717, 1.165) is 23.3 Å². The molecule has 0 aliphatic carbocycles. The summed E-state index contributed by atoms with van der Waals surface area (Å²) in [5, 5.41) is 0. The molecule has 0 fully saturated rings. The zero-order valence-electron chi connectivity index (χ0n) is 12.3. The molecule has 1 aliphatic heterocycles. The van der Waals surface area contributed by atoms with E-state index in [1.165, 1.54) is 12.3 Å².